The van der Waals surface area contributed by atoms with Crippen molar-refractivity contribution in [1.82, 2.24) is 15.2 Å². The molecular weight excluding hydrogens is 218 g/mol. The Morgan fingerprint density at radius 3 is 3.29 bits per heavy atom. The summed E-state index contributed by atoms with van der Waals surface area (Å²) in [6, 6.07) is 0.583. The topological polar surface area (TPSA) is 28.2 Å². The lowest BCUT2D eigenvalue weighted by molar-refractivity contribution is 0.199. The highest BCUT2D eigenvalue weighted by atomic mass is 35.5. The van der Waals surface area contributed by atoms with Gasteiger partial charge in [-0.3, -0.25) is 4.90 Å². The lowest BCUT2D eigenvalue weighted by atomic mass is 10.2. The van der Waals surface area contributed by atoms with E-state index in [0.29, 0.717) is 6.04 Å². The summed E-state index contributed by atoms with van der Waals surface area (Å²) >= 11 is 7.41. The van der Waals surface area contributed by atoms with Crippen LogP contribution in [-0.4, -0.2) is 35.6 Å². The number of halogens is 1. The van der Waals surface area contributed by atoms with Gasteiger partial charge in [-0.2, -0.15) is 0 Å². The van der Waals surface area contributed by atoms with Crippen molar-refractivity contribution in [3.63, 3.8) is 0 Å². The third-order valence-corrected chi connectivity index (χ3v) is 3.44. The highest BCUT2D eigenvalue weighted by Crippen LogP contribution is 2.19. The monoisotopic (exact) mass is 231 g/mol. The van der Waals surface area contributed by atoms with Crippen LogP contribution in [0.3, 0.4) is 0 Å². The van der Waals surface area contributed by atoms with Crippen molar-refractivity contribution in [2.24, 2.45) is 0 Å². The number of nitrogens with zero attached hydrogens (tertiary/aromatic N) is 2. The predicted molar refractivity (Wildman–Crippen MR) is 59.9 cm³/mol. The molecule has 14 heavy (non-hydrogen) atoms. The van der Waals surface area contributed by atoms with Gasteiger partial charge >= 0.3 is 0 Å². The van der Waals surface area contributed by atoms with E-state index < -0.39 is 0 Å². The smallest absolute Gasteiger partial charge is 0.113 e. The number of hydrogen-bond donors (Lipinski definition) is 1. The second-order valence-corrected chi connectivity index (χ2v) is 5.39. The molecule has 0 amide bonds. The van der Waals surface area contributed by atoms with Crippen molar-refractivity contribution in [3.05, 3.63) is 15.5 Å². The SMILES string of the molecule is CC1CN(Cc2ncc(Cl)s2)CCN1. The second-order valence-electron chi connectivity index (χ2n) is 3.65. The van der Waals surface area contributed by atoms with E-state index in [-0.39, 0.29) is 0 Å². The molecule has 1 aliphatic rings. The Balaban J connectivity index is 1.90. The van der Waals surface area contributed by atoms with E-state index in [2.05, 4.69) is 22.1 Å². The molecule has 78 valence electrons. The van der Waals surface area contributed by atoms with Gasteiger partial charge in [-0.15, -0.1) is 11.3 Å². The molecule has 1 aromatic heterocycles. The summed E-state index contributed by atoms with van der Waals surface area (Å²) in [5.74, 6) is 0. The third-order valence-electron chi connectivity index (χ3n) is 2.34. The molecule has 1 saturated heterocycles. The first-order chi connectivity index (χ1) is 6.74. The highest BCUT2D eigenvalue weighted by Gasteiger charge is 2.16. The van der Waals surface area contributed by atoms with Gasteiger partial charge in [0, 0.05) is 25.7 Å². The van der Waals surface area contributed by atoms with Crippen LogP contribution in [0.1, 0.15) is 11.9 Å². The molecule has 5 heteroatoms. The van der Waals surface area contributed by atoms with Crippen molar-refractivity contribution in [3.8, 4) is 0 Å². The standard InChI is InChI=1S/C9H14ClN3S/c1-7-5-13(3-2-11-7)6-9-12-4-8(10)14-9/h4,7,11H,2-3,5-6H2,1H3. The van der Waals surface area contributed by atoms with E-state index in [1.54, 1.807) is 17.5 Å². The maximum atomic E-state index is 5.83. The minimum absolute atomic E-state index is 0.583. The van der Waals surface area contributed by atoms with Crippen LogP contribution in [0.5, 0.6) is 0 Å². The summed E-state index contributed by atoms with van der Waals surface area (Å²) in [6.07, 6.45) is 1.73. The summed E-state index contributed by atoms with van der Waals surface area (Å²) < 4.78 is 0.781. The summed E-state index contributed by atoms with van der Waals surface area (Å²) in [5, 5.41) is 4.53. The number of aromatic nitrogens is 1. The first-order valence-electron chi connectivity index (χ1n) is 4.80. The zero-order valence-electron chi connectivity index (χ0n) is 8.16. The molecule has 0 aliphatic carbocycles. The Morgan fingerprint density at radius 2 is 2.64 bits per heavy atom. The van der Waals surface area contributed by atoms with Gasteiger partial charge in [0.2, 0.25) is 0 Å². The van der Waals surface area contributed by atoms with E-state index in [9.17, 15) is 0 Å². The minimum atomic E-state index is 0.583. The van der Waals surface area contributed by atoms with Crippen LogP contribution >= 0.6 is 22.9 Å². The molecule has 2 heterocycles. The van der Waals surface area contributed by atoms with Gasteiger partial charge in [-0.25, -0.2) is 4.98 Å². The van der Waals surface area contributed by atoms with Crippen molar-refractivity contribution in [1.29, 1.82) is 0 Å². The molecule has 1 aromatic rings. The largest absolute Gasteiger partial charge is 0.312 e. The summed E-state index contributed by atoms with van der Waals surface area (Å²) in [4.78, 5) is 6.67. The number of hydrogen-bond acceptors (Lipinski definition) is 4. The number of rotatable bonds is 2. The van der Waals surface area contributed by atoms with Gasteiger partial charge in [0.25, 0.3) is 0 Å². The van der Waals surface area contributed by atoms with E-state index in [1.165, 1.54) is 0 Å². The highest BCUT2D eigenvalue weighted by molar-refractivity contribution is 7.15. The van der Waals surface area contributed by atoms with Gasteiger partial charge in [0.05, 0.1) is 12.7 Å². The molecule has 1 unspecified atom stereocenters. The third kappa shape index (κ3) is 2.67. The van der Waals surface area contributed by atoms with Gasteiger partial charge in [-0.05, 0) is 6.92 Å². The van der Waals surface area contributed by atoms with Crippen LogP contribution in [0.25, 0.3) is 0 Å². The molecule has 1 N–H and O–H groups in total. The predicted octanol–water partition coefficient (Wildman–Crippen LogP) is 1.59. The lowest BCUT2D eigenvalue weighted by Gasteiger charge is -2.30. The molecule has 0 radical (unpaired) electrons. The van der Waals surface area contributed by atoms with Gasteiger partial charge in [0.1, 0.15) is 9.34 Å². The Morgan fingerprint density at radius 1 is 1.79 bits per heavy atom. The van der Waals surface area contributed by atoms with Crippen molar-refractivity contribution >= 4 is 22.9 Å². The summed E-state index contributed by atoms with van der Waals surface area (Å²) in [5.41, 5.74) is 0. The summed E-state index contributed by atoms with van der Waals surface area (Å²) in [7, 11) is 0. The Bertz CT molecular complexity index is 302. The van der Waals surface area contributed by atoms with Crippen molar-refractivity contribution in [2.45, 2.75) is 19.5 Å². The lowest BCUT2D eigenvalue weighted by Crippen LogP contribution is -2.48. The van der Waals surface area contributed by atoms with Crippen molar-refractivity contribution < 1.29 is 0 Å². The van der Waals surface area contributed by atoms with Gasteiger partial charge in [-0.1, -0.05) is 11.6 Å². The zero-order valence-corrected chi connectivity index (χ0v) is 9.74. The molecule has 1 atom stereocenters. The first-order valence-corrected chi connectivity index (χ1v) is 5.99. The van der Waals surface area contributed by atoms with Crippen LogP contribution in [0, 0.1) is 0 Å². The molecular formula is C9H14ClN3S. The molecule has 0 saturated carbocycles. The maximum absolute atomic E-state index is 5.83. The Kier molecular flexibility index (Phi) is 3.38. The number of piperazine rings is 1. The summed E-state index contributed by atoms with van der Waals surface area (Å²) in [6.45, 7) is 6.41. The fourth-order valence-electron chi connectivity index (χ4n) is 1.71. The first kappa shape index (κ1) is 10.4. The molecule has 3 nitrogen and oxygen atoms in total. The average molecular weight is 232 g/mol. The zero-order chi connectivity index (χ0) is 9.97. The van der Waals surface area contributed by atoms with Gasteiger partial charge in [0.15, 0.2) is 0 Å². The van der Waals surface area contributed by atoms with Crippen LogP contribution < -0.4 is 5.32 Å². The van der Waals surface area contributed by atoms with Crippen LogP contribution in [0.2, 0.25) is 4.34 Å². The maximum Gasteiger partial charge on any atom is 0.113 e. The second kappa shape index (κ2) is 4.57. The quantitative estimate of drug-likeness (QED) is 0.838. The molecule has 1 fully saturated rings. The average Bonchev–Trinajstić information content (AvgIpc) is 2.51. The van der Waals surface area contributed by atoms with Crippen LogP contribution in [0.4, 0.5) is 0 Å². The number of thiazole rings is 1. The molecule has 0 bridgehead atoms. The Labute approximate surface area is 93.1 Å². The van der Waals surface area contributed by atoms with Crippen LogP contribution in [0.15, 0.2) is 6.20 Å². The fourth-order valence-corrected chi connectivity index (χ4v) is 2.71. The minimum Gasteiger partial charge on any atom is -0.312 e. The van der Waals surface area contributed by atoms with E-state index in [4.69, 9.17) is 11.6 Å². The molecule has 0 aromatic carbocycles. The normalized spacial score (nSPS) is 24.0. The Hall–Kier alpha value is -0.160. The molecule has 2 rings (SSSR count). The molecule has 0 spiro atoms. The van der Waals surface area contributed by atoms with Gasteiger partial charge < -0.3 is 5.32 Å². The van der Waals surface area contributed by atoms with E-state index in [1.807, 2.05) is 0 Å². The van der Waals surface area contributed by atoms with E-state index in [0.717, 1.165) is 35.5 Å². The fraction of sp³-hybridized carbons (Fsp3) is 0.667. The molecule has 1 aliphatic heterocycles. The number of nitrogens with one attached hydrogen (secondary N) is 1. The van der Waals surface area contributed by atoms with E-state index >= 15 is 0 Å². The van der Waals surface area contributed by atoms with Crippen LogP contribution in [-0.2, 0) is 6.54 Å². The van der Waals surface area contributed by atoms with Crippen molar-refractivity contribution in [2.75, 3.05) is 19.6 Å².